The van der Waals surface area contributed by atoms with Crippen LogP contribution in [0, 0.1) is 6.92 Å². The molecule has 168 valence electrons. The average molecular weight is 521 g/mol. The molecule has 11 heteroatoms. The van der Waals surface area contributed by atoms with E-state index in [1.54, 1.807) is 12.3 Å². The third-order valence-electron chi connectivity index (χ3n) is 5.25. The molecule has 4 rings (SSSR count). The first-order chi connectivity index (χ1) is 15.3. The number of fused-ring (bicyclic) bond motifs is 1. The molecular weight excluding hydrogens is 500 g/mol. The van der Waals surface area contributed by atoms with Crippen LogP contribution in [0.25, 0.3) is 0 Å². The lowest BCUT2D eigenvalue weighted by atomic mass is 9.92. The molecule has 9 nitrogen and oxygen atoms in total. The van der Waals surface area contributed by atoms with Crippen molar-refractivity contribution >= 4 is 38.9 Å². The standard InChI is InChI=1S/C21H21BrN4O5S/c1-13-5-7-15(8-6-13)31-21-17(22)9-14(10-23-21)26(32(29)30)19-4-2-3-18-16(19)11-24-25(18)12-20(27)28/h5-11,19H,2-4,12H2,1H3,(H,27,28)(H,29,30). The highest BCUT2D eigenvalue weighted by atomic mass is 79.9. The lowest BCUT2D eigenvalue weighted by Gasteiger charge is -2.32. The van der Waals surface area contributed by atoms with Crippen molar-refractivity contribution in [2.24, 2.45) is 0 Å². The van der Waals surface area contributed by atoms with Crippen molar-refractivity contribution < 1.29 is 23.4 Å². The number of carboxylic acids is 1. The maximum Gasteiger partial charge on any atom is 0.325 e. The quantitative estimate of drug-likeness (QED) is 0.447. The Balaban J connectivity index is 1.63. The first kappa shape index (κ1) is 22.4. The minimum absolute atomic E-state index is 0.248. The predicted octanol–water partition coefficient (Wildman–Crippen LogP) is 4.25. The van der Waals surface area contributed by atoms with Gasteiger partial charge in [0, 0.05) is 11.3 Å². The first-order valence-electron chi connectivity index (χ1n) is 9.90. The summed E-state index contributed by atoms with van der Waals surface area (Å²) in [5.74, 6) is -0.0281. The number of pyridine rings is 1. The minimum Gasteiger partial charge on any atom is -0.480 e. The van der Waals surface area contributed by atoms with Crippen molar-refractivity contribution in [1.82, 2.24) is 14.8 Å². The zero-order valence-electron chi connectivity index (χ0n) is 17.1. The molecule has 0 radical (unpaired) electrons. The fourth-order valence-electron chi connectivity index (χ4n) is 3.81. The van der Waals surface area contributed by atoms with Crippen molar-refractivity contribution in [2.45, 2.75) is 38.8 Å². The smallest absolute Gasteiger partial charge is 0.325 e. The van der Waals surface area contributed by atoms with Crippen molar-refractivity contribution in [3.05, 3.63) is 64.0 Å². The largest absolute Gasteiger partial charge is 0.480 e. The van der Waals surface area contributed by atoms with E-state index in [0.29, 0.717) is 34.6 Å². The molecule has 2 heterocycles. The van der Waals surface area contributed by atoms with Crippen LogP contribution in [-0.2, 0) is 29.0 Å². The number of hydrogen-bond donors (Lipinski definition) is 2. The van der Waals surface area contributed by atoms with Gasteiger partial charge in [-0.05, 0) is 60.3 Å². The summed E-state index contributed by atoms with van der Waals surface area (Å²) in [7, 11) is 0. The molecule has 1 aliphatic carbocycles. The highest BCUT2D eigenvalue weighted by Gasteiger charge is 2.33. The van der Waals surface area contributed by atoms with Crippen LogP contribution in [0.2, 0.25) is 0 Å². The van der Waals surface area contributed by atoms with Gasteiger partial charge in [-0.25, -0.2) is 9.19 Å². The molecule has 0 spiro atoms. The van der Waals surface area contributed by atoms with Gasteiger partial charge >= 0.3 is 5.97 Å². The van der Waals surface area contributed by atoms with Gasteiger partial charge in [0.15, 0.2) is 0 Å². The summed E-state index contributed by atoms with van der Waals surface area (Å²) in [4.78, 5) is 15.5. The lowest BCUT2D eigenvalue weighted by molar-refractivity contribution is -0.137. The number of hydrogen-bond acceptors (Lipinski definition) is 5. The number of carbonyl (C=O) groups is 1. The number of ether oxygens (including phenoxy) is 1. The number of carboxylic acid groups (broad SMARTS) is 1. The lowest BCUT2D eigenvalue weighted by Crippen LogP contribution is -2.33. The molecule has 1 aliphatic rings. The highest BCUT2D eigenvalue weighted by Crippen LogP contribution is 2.39. The van der Waals surface area contributed by atoms with Gasteiger partial charge in [0.25, 0.3) is 11.3 Å². The molecule has 2 atom stereocenters. The number of anilines is 1. The Labute approximate surface area is 195 Å². The molecule has 2 unspecified atom stereocenters. The number of nitrogens with zero attached hydrogens (tertiary/aromatic N) is 4. The molecule has 0 fully saturated rings. The maximum absolute atomic E-state index is 12.4. The minimum atomic E-state index is -2.34. The molecular formula is C21H21BrN4O5S. The summed E-state index contributed by atoms with van der Waals surface area (Å²) < 4.78 is 31.6. The van der Waals surface area contributed by atoms with E-state index in [0.717, 1.165) is 23.2 Å². The molecule has 0 saturated heterocycles. The molecule has 3 aromatic rings. The first-order valence-corrected chi connectivity index (χ1v) is 11.8. The van der Waals surface area contributed by atoms with E-state index in [9.17, 15) is 13.6 Å². The maximum atomic E-state index is 12.4. The third-order valence-corrected chi connectivity index (χ3v) is 6.62. The summed E-state index contributed by atoms with van der Waals surface area (Å²) in [6.07, 6.45) is 5.09. The average Bonchev–Trinajstić information content (AvgIpc) is 3.14. The molecule has 0 bridgehead atoms. The Bertz CT molecular complexity index is 1170. The van der Waals surface area contributed by atoms with Gasteiger partial charge in [-0.15, -0.1) is 0 Å². The van der Waals surface area contributed by atoms with Crippen LogP contribution < -0.4 is 9.04 Å². The molecule has 1 aromatic carbocycles. The van der Waals surface area contributed by atoms with Crippen molar-refractivity contribution in [3.8, 4) is 11.6 Å². The Morgan fingerprint density at radius 3 is 2.75 bits per heavy atom. The van der Waals surface area contributed by atoms with Gasteiger partial charge in [-0.2, -0.15) is 5.10 Å². The van der Waals surface area contributed by atoms with E-state index in [2.05, 4.69) is 26.0 Å². The SMILES string of the molecule is Cc1ccc(Oc2ncc(N(C3CCCc4c3cnn4CC(=O)O)S(=O)O)cc2Br)cc1. The van der Waals surface area contributed by atoms with Gasteiger partial charge in [0.05, 0.1) is 28.6 Å². The van der Waals surface area contributed by atoms with E-state index in [-0.39, 0.29) is 6.54 Å². The van der Waals surface area contributed by atoms with Gasteiger partial charge in [0.2, 0.25) is 5.88 Å². The number of aliphatic carboxylic acids is 1. The van der Waals surface area contributed by atoms with E-state index >= 15 is 0 Å². The van der Waals surface area contributed by atoms with Crippen LogP contribution in [0.4, 0.5) is 5.69 Å². The van der Waals surface area contributed by atoms with Gasteiger partial charge in [0.1, 0.15) is 12.3 Å². The summed E-state index contributed by atoms with van der Waals surface area (Å²) >= 11 is 1.11. The molecule has 0 saturated carbocycles. The molecule has 32 heavy (non-hydrogen) atoms. The summed E-state index contributed by atoms with van der Waals surface area (Å²) in [5, 5.41) is 13.3. The second kappa shape index (κ2) is 9.39. The monoisotopic (exact) mass is 520 g/mol. The fraction of sp³-hybridized carbons (Fsp3) is 0.286. The van der Waals surface area contributed by atoms with Crippen molar-refractivity contribution in [2.75, 3.05) is 4.31 Å². The molecule has 2 aromatic heterocycles. The van der Waals surface area contributed by atoms with Crippen LogP contribution in [0.1, 0.15) is 35.7 Å². The van der Waals surface area contributed by atoms with Crippen molar-refractivity contribution in [1.29, 1.82) is 0 Å². The second-order valence-corrected chi connectivity index (χ2v) is 9.17. The topological polar surface area (TPSA) is 118 Å². The van der Waals surface area contributed by atoms with Crippen LogP contribution in [0.5, 0.6) is 11.6 Å². The number of aromatic nitrogens is 3. The predicted molar refractivity (Wildman–Crippen MR) is 122 cm³/mol. The number of halogens is 1. The summed E-state index contributed by atoms with van der Waals surface area (Å²) in [6, 6.07) is 8.78. The van der Waals surface area contributed by atoms with Crippen LogP contribution in [-0.4, -0.2) is 34.6 Å². The molecule has 0 aliphatic heterocycles. The Hall–Kier alpha value is -2.76. The van der Waals surface area contributed by atoms with Crippen molar-refractivity contribution in [3.63, 3.8) is 0 Å². The van der Waals surface area contributed by atoms with Crippen LogP contribution in [0.3, 0.4) is 0 Å². The van der Waals surface area contributed by atoms with E-state index in [1.807, 2.05) is 31.2 Å². The van der Waals surface area contributed by atoms with E-state index in [4.69, 9.17) is 9.84 Å². The van der Waals surface area contributed by atoms with Crippen LogP contribution >= 0.6 is 15.9 Å². The van der Waals surface area contributed by atoms with E-state index in [1.165, 1.54) is 15.2 Å². The number of benzene rings is 1. The highest BCUT2D eigenvalue weighted by molar-refractivity contribution is 9.10. The van der Waals surface area contributed by atoms with Gasteiger partial charge in [-0.3, -0.25) is 18.3 Å². The second-order valence-electron chi connectivity index (χ2n) is 7.46. The van der Waals surface area contributed by atoms with Gasteiger partial charge in [-0.1, -0.05) is 17.7 Å². The Kier molecular flexibility index (Phi) is 6.58. The molecule has 0 amide bonds. The molecule has 2 N–H and O–H groups in total. The van der Waals surface area contributed by atoms with Gasteiger partial charge < -0.3 is 9.84 Å². The van der Waals surface area contributed by atoms with E-state index < -0.39 is 23.3 Å². The Morgan fingerprint density at radius 1 is 1.34 bits per heavy atom. The summed E-state index contributed by atoms with van der Waals surface area (Å²) in [5.41, 5.74) is 3.05. The zero-order valence-corrected chi connectivity index (χ0v) is 19.5. The normalized spacial score (nSPS) is 16.3. The number of aryl methyl sites for hydroxylation is 1. The Morgan fingerprint density at radius 2 is 2.09 bits per heavy atom. The number of rotatable bonds is 7. The zero-order chi connectivity index (χ0) is 22.8. The summed E-state index contributed by atoms with van der Waals surface area (Å²) in [6.45, 7) is 1.74. The van der Waals surface area contributed by atoms with Crippen LogP contribution in [0.15, 0.2) is 47.2 Å². The fourth-order valence-corrected chi connectivity index (χ4v) is 4.95. The third kappa shape index (κ3) is 4.69.